The number of carbonyl (C=O) groups excluding carboxylic acids is 2. The zero-order valence-electron chi connectivity index (χ0n) is 20.2. The van der Waals surface area contributed by atoms with Gasteiger partial charge in [-0.05, 0) is 42.3 Å². The van der Waals surface area contributed by atoms with Crippen LogP contribution in [0.2, 0.25) is 0 Å². The second-order valence-corrected chi connectivity index (χ2v) is 10.4. The molecule has 1 aromatic heterocycles. The smallest absolute Gasteiger partial charge is 0.242 e. The van der Waals surface area contributed by atoms with E-state index in [9.17, 15) is 22.4 Å². The highest BCUT2D eigenvalue weighted by molar-refractivity contribution is 7.88. The summed E-state index contributed by atoms with van der Waals surface area (Å²) in [6.07, 6.45) is 2.65. The van der Waals surface area contributed by atoms with Crippen LogP contribution in [0.1, 0.15) is 23.7 Å². The number of nitrogens with zero attached hydrogens (tertiary/aromatic N) is 3. The molecule has 0 bridgehead atoms. The van der Waals surface area contributed by atoms with E-state index in [1.54, 1.807) is 55.6 Å². The Bertz CT molecular complexity index is 1260. The lowest BCUT2D eigenvalue weighted by Crippen LogP contribution is -2.50. The number of aromatic nitrogens is 1. The third kappa shape index (κ3) is 7.96. The zero-order chi connectivity index (χ0) is 26.1. The van der Waals surface area contributed by atoms with Gasteiger partial charge < -0.3 is 10.2 Å². The number of hydrogen-bond donors (Lipinski definition) is 1. The van der Waals surface area contributed by atoms with Crippen LogP contribution >= 0.6 is 0 Å². The summed E-state index contributed by atoms with van der Waals surface area (Å²) in [6, 6.07) is 18.9. The van der Waals surface area contributed by atoms with Gasteiger partial charge in [0.1, 0.15) is 11.9 Å². The lowest BCUT2D eigenvalue weighted by atomic mass is 10.1. The van der Waals surface area contributed by atoms with E-state index in [1.165, 1.54) is 29.2 Å². The van der Waals surface area contributed by atoms with Crippen molar-refractivity contribution in [2.75, 3.05) is 12.8 Å². The minimum Gasteiger partial charge on any atom is -0.349 e. The van der Waals surface area contributed by atoms with Crippen molar-refractivity contribution in [1.82, 2.24) is 19.5 Å². The first-order chi connectivity index (χ1) is 17.1. The number of halogens is 1. The average molecular weight is 513 g/mol. The topological polar surface area (TPSA) is 99.7 Å². The largest absolute Gasteiger partial charge is 0.349 e. The molecule has 0 saturated heterocycles. The monoisotopic (exact) mass is 512 g/mol. The highest BCUT2D eigenvalue weighted by Crippen LogP contribution is 2.14. The molecule has 0 spiro atoms. The molecule has 3 rings (SSSR count). The van der Waals surface area contributed by atoms with E-state index < -0.39 is 40.2 Å². The Morgan fingerprint density at radius 1 is 0.944 bits per heavy atom. The SMILES string of the molecule is C[C@@H](C(=O)NCc1ccccn1)N(Cc1ccc(F)cc1)C(=O)CN(Cc1ccccc1)S(C)(=O)=O. The molecular weight excluding hydrogens is 483 g/mol. The van der Waals surface area contributed by atoms with Crippen LogP contribution in [0.5, 0.6) is 0 Å². The minimum atomic E-state index is -3.73. The summed E-state index contributed by atoms with van der Waals surface area (Å²) in [7, 11) is -3.73. The summed E-state index contributed by atoms with van der Waals surface area (Å²) in [5, 5.41) is 2.77. The minimum absolute atomic E-state index is 0.000224. The van der Waals surface area contributed by atoms with Gasteiger partial charge in [-0.25, -0.2) is 12.8 Å². The van der Waals surface area contributed by atoms with Crippen molar-refractivity contribution in [3.63, 3.8) is 0 Å². The summed E-state index contributed by atoms with van der Waals surface area (Å²) in [6.45, 7) is 1.30. The van der Waals surface area contributed by atoms with Crippen molar-refractivity contribution in [3.05, 3.63) is 102 Å². The highest BCUT2D eigenvalue weighted by Gasteiger charge is 2.30. The molecule has 36 heavy (non-hydrogen) atoms. The molecule has 8 nitrogen and oxygen atoms in total. The van der Waals surface area contributed by atoms with Gasteiger partial charge in [0.15, 0.2) is 0 Å². The van der Waals surface area contributed by atoms with Crippen molar-refractivity contribution in [2.24, 2.45) is 0 Å². The van der Waals surface area contributed by atoms with Gasteiger partial charge in [0, 0.05) is 19.3 Å². The summed E-state index contributed by atoms with van der Waals surface area (Å²) in [5.41, 5.74) is 1.98. The number of hydrogen-bond acceptors (Lipinski definition) is 5. The van der Waals surface area contributed by atoms with Gasteiger partial charge in [-0.2, -0.15) is 4.31 Å². The molecule has 3 aromatic rings. The second kappa shape index (κ2) is 12.4. The molecule has 0 radical (unpaired) electrons. The maximum absolute atomic E-state index is 13.4. The lowest BCUT2D eigenvalue weighted by molar-refractivity contribution is -0.140. The molecule has 0 unspecified atom stereocenters. The van der Waals surface area contributed by atoms with Crippen molar-refractivity contribution >= 4 is 21.8 Å². The molecule has 2 aromatic carbocycles. The van der Waals surface area contributed by atoms with Crippen LogP contribution in [0.4, 0.5) is 4.39 Å². The highest BCUT2D eigenvalue weighted by atomic mass is 32.2. The number of rotatable bonds is 11. The van der Waals surface area contributed by atoms with Crippen LogP contribution < -0.4 is 5.32 Å². The van der Waals surface area contributed by atoms with E-state index in [0.29, 0.717) is 11.3 Å². The predicted octanol–water partition coefficient (Wildman–Crippen LogP) is 2.72. The normalized spacial score (nSPS) is 12.2. The number of nitrogens with one attached hydrogen (secondary N) is 1. The van der Waals surface area contributed by atoms with Crippen LogP contribution in [0.3, 0.4) is 0 Å². The molecule has 1 heterocycles. The maximum atomic E-state index is 13.4. The third-order valence-electron chi connectivity index (χ3n) is 5.59. The standard InChI is InChI=1S/C26H29FN4O4S/c1-20(26(33)29-16-24-10-6-7-15-28-24)31(18-22-11-13-23(27)14-12-22)25(32)19-30(36(2,34)35)17-21-8-4-3-5-9-21/h3-15,20H,16-19H2,1-2H3,(H,29,33)/t20-/m0/s1. The Morgan fingerprint density at radius 3 is 2.19 bits per heavy atom. The molecule has 0 aliphatic heterocycles. The van der Waals surface area contributed by atoms with Gasteiger partial charge in [-0.1, -0.05) is 48.5 Å². The van der Waals surface area contributed by atoms with Gasteiger partial charge in [-0.3, -0.25) is 14.6 Å². The number of benzene rings is 2. The molecule has 190 valence electrons. The molecule has 0 aliphatic rings. The number of pyridine rings is 1. The quantitative estimate of drug-likeness (QED) is 0.426. The number of amides is 2. The fourth-order valence-corrected chi connectivity index (χ4v) is 4.24. The fraction of sp³-hybridized carbons (Fsp3) is 0.269. The maximum Gasteiger partial charge on any atom is 0.242 e. The first-order valence-electron chi connectivity index (χ1n) is 11.3. The molecule has 10 heteroatoms. The molecule has 0 fully saturated rings. The van der Waals surface area contributed by atoms with E-state index in [-0.39, 0.29) is 19.6 Å². The van der Waals surface area contributed by atoms with E-state index in [0.717, 1.165) is 16.1 Å². The van der Waals surface area contributed by atoms with Crippen molar-refractivity contribution in [2.45, 2.75) is 32.6 Å². The van der Waals surface area contributed by atoms with Crippen LogP contribution in [0.25, 0.3) is 0 Å². The summed E-state index contributed by atoms with van der Waals surface area (Å²) in [4.78, 5) is 31.9. The Hall–Kier alpha value is -3.63. The van der Waals surface area contributed by atoms with Crippen molar-refractivity contribution in [3.8, 4) is 0 Å². The molecule has 2 amide bonds. The van der Waals surface area contributed by atoms with Gasteiger partial charge in [0.25, 0.3) is 0 Å². The van der Waals surface area contributed by atoms with E-state index in [1.807, 2.05) is 6.07 Å². The Kier molecular flexibility index (Phi) is 9.26. The summed E-state index contributed by atoms with van der Waals surface area (Å²) in [5.74, 6) is -1.41. The third-order valence-corrected chi connectivity index (χ3v) is 6.78. The molecule has 0 aliphatic carbocycles. The fourth-order valence-electron chi connectivity index (χ4n) is 3.52. The number of sulfonamides is 1. The summed E-state index contributed by atoms with van der Waals surface area (Å²) >= 11 is 0. The van der Waals surface area contributed by atoms with Crippen LogP contribution in [0.15, 0.2) is 79.0 Å². The van der Waals surface area contributed by atoms with E-state index >= 15 is 0 Å². The van der Waals surface area contributed by atoms with E-state index in [4.69, 9.17) is 0 Å². The lowest BCUT2D eigenvalue weighted by Gasteiger charge is -2.31. The van der Waals surface area contributed by atoms with Crippen molar-refractivity contribution < 1.29 is 22.4 Å². The van der Waals surface area contributed by atoms with Crippen LogP contribution in [0, 0.1) is 5.82 Å². The number of carbonyl (C=O) groups is 2. The second-order valence-electron chi connectivity index (χ2n) is 8.38. The predicted molar refractivity (Wildman–Crippen MR) is 134 cm³/mol. The Labute approximate surface area is 210 Å². The van der Waals surface area contributed by atoms with Gasteiger partial charge >= 0.3 is 0 Å². The zero-order valence-corrected chi connectivity index (χ0v) is 21.0. The van der Waals surface area contributed by atoms with Gasteiger partial charge in [-0.15, -0.1) is 0 Å². The summed E-state index contributed by atoms with van der Waals surface area (Å²) < 4.78 is 39.4. The molecule has 1 N–H and O–H groups in total. The van der Waals surface area contributed by atoms with Crippen molar-refractivity contribution in [1.29, 1.82) is 0 Å². The first kappa shape index (κ1) is 27.0. The first-order valence-corrected chi connectivity index (χ1v) is 13.2. The molecule has 0 saturated carbocycles. The average Bonchev–Trinajstić information content (AvgIpc) is 2.86. The molecule has 1 atom stereocenters. The van der Waals surface area contributed by atoms with Gasteiger partial charge in [0.05, 0.1) is 25.0 Å². The Morgan fingerprint density at radius 2 is 1.58 bits per heavy atom. The van der Waals surface area contributed by atoms with Gasteiger partial charge in [0.2, 0.25) is 21.8 Å². The van der Waals surface area contributed by atoms with E-state index in [2.05, 4.69) is 10.3 Å². The van der Waals surface area contributed by atoms with Crippen LogP contribution in [-0.4, -0.2) is 53.3 Å². The van der Waals surface area contributed by atoms with Crippen LogP contribution in [-0.2, 0) is 39.2 Å². The Balaban J connectivity index is 1.80. The molecular formula is C26H29FN4O4S.